The number of benzene rings is 1. The first-order valence-corrected chi connectivity index (χ1v) is 6.41. The van der Waals surface area contributed by atoms with Crippen molar-refractivity contribution in [3.05, 3.63) is 47.6 Å². The van der Waals surface area contributed by atoms with E-state index in [2.05, 4.69) is 4.98 Å². The number of imidazole rings is 1. The molecule has 0 saturated heterocycles. The predicted molar refractivity (Wildman–Crippen MR) is 71.4 cm³/mol. The minimum absolute atomic E-state index is 0.241. The molecule has 2 aromatic heterocycles. The van der Waals surface area contributed by atoms with Crippen molar-refractivity contribution in [2.45, 2.75) is 6.42 Å². The van der Waals surface area contributed by atoms with Gasteiger partial charge in [-0.25, -0.2) is 4.98 Å². The molecule has 0 radical (unpaired) electrons. The quantitative estimate of drug-likeness (QED) is 0.781. The Morgan fingerprint density at radius 1 is 1.33 bits per heavy atom. The summed E-state index contributed by atoms with van der Waals surface area (Å²) in [5.74, 6) is -0.329. The van der Waals surface area contributed by atoms with E-state index in [1.165, 1.54) is 11.3 Å². The predicted octanol–water partition coefficient (Wildman–Crippen LogP) is 2.09. The van der Waals surface area contributed by atoms with Crippen LogP contribution in [0, 0.1) is 0 Å². The number of thiazole rings is 1. The highest BCUT2D eigenvalue weighted by Crippen LogP contribution is 2.23. The fourth-order valence-electron chi connectivity index (χ4n) is 1.88. The number of rotatable bonds is 3. The molecule has 2 heterocycles. The number of nitrogens with zero attached hydrogens (tertiary/aromatic N) is 2. The Balaban J connectivity index is 2.07. The van der Waals surface area contributed by atoms with E-state index < -0.39 is 0 Å². The number of hydrogen-bond donors (Lipinski definition) is 1. The topological polar surface area (TPSA) is 60.4 Å². The van der Waals surface area contributed by atoms with Crippen molar-refractivity contribution in [2.75, 3.05) is 0 Å². The van der Waals surface area contributed by atoms with Crippen molar-refractivity contribution in [3.63, 3.8) is 0 Å². The van der Waals surface area contributed by atoms with Crippen LogP contribution in [0.3, 0.4) is 0 Å². The van der Waals surface area contributed by atoms with Gasteiger partial charge in [-0.3, -0.25) is 9.20 Å². The fraction of sp³-hybridized carbons (Fsp3) is 0.0769. The second-order valence-electron chi connectivity index (χ2n) is 4.01. The van der Waals surface area contributed by atoms with E-state index >= 15 is 0 Å². The summed E-state index contributed by atoms with van der Waals surface area (Å²) < 4.78 is 1.93. The van der Waals surface area contributed by atoms with Gasteiger partial charge < -0.3 is 5.73 Å². The van der Waals surface area contributed by atoms with Crippen LogP contribution in [0.25, 0.3) is 16.2 Å². The highest BCUT2D eigenvalue weighted by Gasteiger charge is 2.10. The fourth-order valence-corrected chi connectivity index (χ4v) is 2.76. The van der Waals surface area contributed by atoms with Crippen LogP contribution in [0.1, 0.15) is 5.69 Å². The van der Waals surface area contributed by atoms with Gasteiger partial charge in [-0.2, -0.15) is 0 Å². The molecule has 0 aliphatic carbocycles. The third-order valence-corrected chi connectivity index (χ3v) is 3.60. The highest BCUT2D eigenvalue weighted by atomic mass is 32.1. The van der Waals surface area contributed by atoms with Crippen LogP contribution in [0.15, 0.2) is 41.9 Å². The molecule has 1 amide bonds. The van der Waals surface area contributed by atoms with Gasteiger partial charge in [0.15, 0.2) is 4.96 Å². The summed E-state index contributed by atoms with van der Waals surface area (Å²) in [5.41, 5.74) is 8.09. The molecular weight excluding hydrogens is 246 g/mol. The van der Waals surface area contributed by atoms with Gasteiger partial charge >= 0.3 is 0 Å². The molecule has 0 saturated carbocycles. The van der Waals surface area contributed by atoms with Crippen LogP contribution < -0.4 is 5.73 Å². The Hall–Kier alpha value is -2.14. The Morgan fingerprint density at radius 3 is 2.83 bits per heavy atom. The lowest BCUT2D eigenvalue weighted by Gasteiger charge is -1.95. The standard InChI is InChI=1S/C13H11N3OS/c14-12(17)6-10-8-18-13-15-11(7-16(10)13)9-4-2-1-3-5-9/h1-5,7-8H,6H2,(H2,14,17). The number of aromatic nitrogens is 2. The number of carbonyl (C=O) groups excluding carboxylic acids is 1. The average Bonchev–Trinajstić information content (AvgIpc) is 2.92. The van der Waals surface area contributed by atoms with Gasteiger partial charge in [0.25, 0.3) is 0 Å². The van der Waals surface area contributed by atoms with E-state index in [0.717, 1.165) is 21.9 Å². The van der Waals surface area contributed by atoms with Gasteiger partial charge in [0.05, 0.1) is 12.1 Å². The van der Waals surface area contributed by atoms with E-state index in [4.69, 9.17) is 5.73 Å². The molecule has 0 unspecified atom stereocenters. The lowest BCUT2D eigenvalue weighted by atomic mass is 10.2. The number of nitrogens with two attached hydrogens (primary N) is 1. The van der Waals surface area contributed by atoms with Crippen molar-refractivity contribution in [3.8, 4) is 11.3 Å². The molecule has 2 N–H and O–H groups in total. The molecule has 1 aromatic carbocycles. The minimum Gasteiger partial charge on any atom is -0.369 e. The molecule has 3 rings (SSSR count). The molecular formula is C13H11N3OS. The van der Waals surface area contributed by atoms with Gasteiger partial charge in [-0.05, 0) is 0 Å². The van der Waals surface area contributed by atoms with Crippen LogP contribution in [0.5, 0.6) is 0 Å². The summed E-state index contributed by atoms with van der Waals surface area (Å²) in [6, 6.07) is 9.96. The Bertz CT molecular complexity index is 699. The largest absolute Gasteiger partial charge is 0.369 e. The third-order valence-electron chi connectivity index (χ3n) is 2.71. The molecule has 0 aliphatic rings. The zero-order chi connectivity index (χ0) is 12.5. The van der Waals surface area contributed by atoms with Crippen molar-refractivity contribution in [1.82, 2.24) is 9.38 Å². The van der Waals surface area contributed by atoms with Crippen LogP contribution in [-0.4, -0.2) is 15.3 Å². The maximum absolute atomic E-state index is 11.0. The molecule has 0 atom stereocenters. The highest BCUT2D eigenvalue weighted by molar-refractivity contribution is 7.15. The van der Waals surface area contributed by atoms with Crippen molar-refractivity contribution < 1.29 is 4.79 Å². The second-order valence-corrected chi connectivity index (χ2v) is 4.85. The van der Waals surface area contributed by atoms with Crippen LogP contribution >= 0.6 is 11.3 Å². The molecule has 0 fully saturated rings. The Morgan fingerprint density at radius 2 is 2.11 bits per heavy atom. The zero-order valence-corrected chi connectivity index (χ0v) is 10.4. The lowest BCUT2D eigenvalue weighted by Crippen LogP contribution is -2.14. The summed E-state index contributed by atoms with van der Waals surface area (Å²) >= 11 is 1.52. The number of fused-ring (bicyclic) bond motifs is 1. The molecule has 90 valence electrons. The summed E-state index contributed by atoms with van der Waals surface area (Å²) in [6.07, 6.45) is 2.18. The van der Waals surface area contributed by atoms with E-state index in [0.29, 0.717) is 0 Å². The second kappa shape index (κ2) is 4.27. The van der Waals surface area contributed by atoms with E-state index in [9.17, 15) is 4.79 Å². The maximum atomic E-state index is 11.0. The average molecular weight is 257 g/mol. The van der Waals surface area contributed by atoms with E-state index in [1.807, 2.05) is 46.3 Å². The van der Waals surface area contributed by atoms with Crippen LogP contribution in [0.4, 0.5) is 0 Å². The molecule has 0 aliphatic heterocycles. The van der Waals surface area contributed by atoms with Crippen LogP contribution in [0.2, 0.25) is 0 Å². The van der Waals surface area contributed by atoms with Gasteiger partial charge in [0.1, 0.15) is 0 Å². The van der Waals surface area contributed by atoms with Crippen LogP contribution in [-0.2, 0) is 11.2 Å². The number of primary amides is 1. The molecule has 0 spiro atoms. The Labute approximate surface area is 108 Å². The minimum atomic E-state index is -0.329. The van der Waals surface area contributed by atoms with Gasteiger partial charge in [-0.1, -0.05) is 30.3 Å². The first-order chi connectivity index (χ1) is 8.74. The first-order valence-electron chi connectivity index (χ1n) is 5.53. The summed E-state index contributed by atoms with van der Waals surface area (Å²) in [6.45, 7) is 0. The maximum Gasteiger partial charge on any atom is 0.223 e. The molecule has 3 aromatic rings. The molecule has 5 heteroatoms. The monoisotopic (exact) mass is 257 g/mol. The Kier molecular flexibility index (Phi) is 2.60. The SMILES string of the molecule is NC(=O)Cc1csc2nc(-c3ccccc3)cn12. The molecule has 4 nitrogen and oxygen atoms in total. The first kappa shape index (κ1) is 11.0. The van der Waals surface area contributed by atoms with Crippen molar-refractivity contribution in [1.29, 1.82) is 0 Å². The number of amides is 1. The van der Waals surface area contributed by atoms with Gasteiger partial charge in [0, 0.05) is 22.8 Å². The third kappa shape index (κ3) is 1.89. The zero-order valence-electron chi connectivity index (χ0n) is 9.54. The summed E-state index contributed by atoms with van der Waals surface area (Å²) in [5, 5.41) is 1.92. The molecule has 0 bridgehead atoms. The smallest absolute Gasteiger partial charge is 0.223 e. The van der Waals surface area contributed by atoms with Crippen molar-refractivity contribution >= 4 is 22.2 Å². The van der Waals surface area contributed by atoms with Gasteiger partial charge in [0.2, 0.25) is 5.91 Å². The lowest BCUT2D eigenvalue weighted by molar-refractivity contribution is -0.117. The van der Waals surface area contributed by atoms with Crippen molar-refractivity contribution in [2.24, 2.45) is 5.73 Å². The van der Waals surface area contributed by atoms with E-state index in [1.54, 1.807) is 0 Å². The van der Waals surface area contributed by atoms with E-state index in [-0.39, 0.29) is 12.3 Å². The normalized spacial score (nSPS) is 10.9. The summed E-state index contributed by atoms with van der Waals surface area (Å²) in [4.78, 5) is 16.4. The molecule has 18 heavy (non-hydrogen) atoms. The van der Waals surface area contributed by atoms with Gasteiger partial charge in [-0.15, -0.1) is 11.3 Å². The number of carbonyl (C=O) groups is 1. The number of hydrogen-bond acceptors (Lipinski definition) is 3. The summed E-state index contributed by atoms with van der Waals surface area (Å²) in [7, 11) is 0.